The van der Waals surface area contributed by atoms with Crippen molar-refractivity contribution in [1.29, 1.82) is 0 Å². The molecule has 2 heterocycles. The van der Waals surface area contributed by atoms with Gasteiger partial charge in [0, 0.05) is 31.2 Å². The van der Waals surface area contributed by atoms with Gasteiger partial charge in [0.15, 0.2) is 0 Å². The lowest BCUT2D eigenvalue weighted by Crippen LogP contribution is -2.51. The Morgan fingerprint density at radius 3 is 2.26 bits per heavy atom. The van der Waals surface area contributed by atoms with Crippen LogP contribution in [0.4, 0.5) is 0 Å². The van der Waals surface area contributed by atoms with Crippen LogP contribution in [0, 0.1) is 0 Å². The number of amides is 1. The monoisotopic (exact) mass is 265 g/mol. The van der Waals surface area contributed by atoms with Gasteiger partial charge >= 0.3 is 0 Å². The van der Waals surface area contributed by atoms with Crippen molar-refractivity contribution in [3.63, 3.8) is 0 Å². The van der Waals surface area contributed by atoms with Gasteiger partial charge in [0.25, 0.3) is 0 Å². The lowest BCUT2D eigenvalue weighted by atomic mass is 9.98. The zero-order chi connectivity index (χ0) is 13.4. The SMILES string of the molecule is CCN(CC(=O)N(C)C1CC1)C1CC2CCC(C1)N2. The maximum absolute atomic E-state index is 12.3. The largest absolute Gasteiger partial charge is 0.342 e. The first kappa shape index (κ1) is 13.4. The van der Waals surface area contributed by atoms with Crippen molar-refractivity contribution >= 4 is 5.91 Å². The molecule has 3 rings (SSSR count). The molecule has 2 unspecified atom stereocenters. The van der Waals surface area contributed by atoms with E-state index in [-0.39, 0.29) is 0 Å². The van der Waals surface area contributed by atoms with Crippen molar-refractivity contribution in [2.45, 2.75) is 69.6 Å². The number of hydrogen-bond acceptors (Lipinski definition) is 3. The number of carbonyl (C=O) groups is 1. The third-order valence-corrected chi connectivity index (χ3v) is 5.20. The summed E-state index contributed by atoms with van der Waals surface area (Å²) in [4.78, 5) is 16.7. The fraction of sp³-hybridized carbons (Fsp3) is 0.933. The summed E-state index contributed by atoms with van der Waals surface area (Å²) < 4.78 is 0. The van der Waals surface area contributed by atoms with E-state index in [2.05, 4.69) is 17.1 Å². The van der Waals surface area contributed by atoms with Crippen LogP contribution >= 0.6 is 0 Å². The molecule has 2 atom stereocenters. The number of likely N-dealkylation sites (N-methyl/N-ethyl adjacent to an activating group) is 2. The van der Waals surface area contributed by atoms with Crippen LogP contribution < -0.4 is 5.32 Å². The van der Waals surface area contributed by atoms with Gasteiger partial charge in [0.05, 0.1) is 6.54 Å². The Hall–Kier alpha value is -0.610. The molecule has 0 aromatic heterocycles. The van der Waals surface area contributed by atoms with Crippen LogP contribution in [0.3, 0.4) is 0 Å². The second kappa shape index (κ2) is 5.41. The summed E-state index contributed by atoms with van der Waals surface area (Å²) >= 11 is 0. The zero-order valence-corrected chi connectivity index (χ0v) is 12.3. The van der Waals surface area contributed by atoms with E-state index in [0.29, 0.717) is 36.6 Å². The first-order valence-corrected chi connectivity index (χ1v) is 7.93. The topological polar surface area (TPSA) is 35.6 Å². The second-order valence-corrected chi connectivity index (χ2v) is 6.56. The van der Waals surface area contributed by atoms with Crippen molar-refractivity contribution in [3.8, 4) is 0 Å². The van der Waals surface area contributed by atoms with Crippen molar-refractivity contribution in [2.24, 2.45) is 0 Å². The van der Waals surface area contributed by atoms with Crippen LogP contribution in [-0.4, -0.2) is 60.0 Å². The molecule has 4 nitrogen and oxygen atoms in total. The smallest absolute Gasteiger partial charge is 0.236 e. The molecule has 2 saturated heterocycles. The summed E-state index contributed by atoms with van der Waals surface area (Å²) in [5.41, 5.74) is 0. The van der Waals surface area contributed by atoms with Gasteiger partial charge in [-0.25, -0.2) is 0 Å². The van der Waals surface area contributed by atoms with Crippen LogP contribution in [0.2, 0.25) is 0 Å². The first-order valence-electron chi connectivity index (χ1n) is 7.93. The van der Waals surface area contributed by atoms with Crippen LogP contribution in [0.5, 0.6) is 0 Å². The minimum atomic E-state index is 0.315. The summed E-state index contributed by atoms with van der Waals surface area (Å²) in [6.07, 6.45) is 7.51. The van der Waals surface area contributed by atoms with Gasteiger partial charge in [-0.3, -0.25) is 9.69 Å². The predicted octanol–water partition coefficient (Wildman–Crippen LogP) is 1.21. The Morgan fingerprint density at radius 1 is 1.11 bits per heavy atom. The molecule has 1 saturated carbocycles. The molecule has 3 aliphatic rings. The molecule has 1 N–H and O–H groups in total. The van der Waals surface area contributed by atoms with E-state index < -0.39 is 0 Å². The highest BCUT2D eigenvalue weighted by Gasteiger charge is 2.37. The van der Waals surface area contributed by atoms with E-state index in [1.807, 2.05) is 11.9 Å². The molecular weight excluding hydrogens is 238 g/mol. The molecule has 19 heavy (non-hydrogen) atoms. The summed E-state index contributed by atoms with van der Waals surface area (Å²) in [7, 11) is 1.97. The van der Waals surface area contributed by atoms with Crippen molar-refractivity contribution in [3.05, 3.63) is 0 Å². The highest BCUT2D eigenvalue weighted by molar-refractivity contribution is 5.78. The molecule has 0 spiro atoms. The Balaban J connectivity index is 1.56. The minimum absolute atomic E-state index is 0.315. The Kier molecular flexibility index (Phi) is 3.81. The molecule has 3 fully saturated rings. The fourth-order valence-corrected chi connectivity index (χ4v) is 3.78. The molecule has 2 bridgehead atoms. The highest BCUT2D eigenvalue weighted by atomic mass is 16.2. The summed E-state index contributed by atoms with van der Waals surface area (Å²) in [6.45, 7) is 3.80. The summed E-state index contributed by atoms with van der Waals surface area (Å²) in [5, 5.41) is 3.68. The molecule has 0 aromatic carbocycles. The van der Waals surface area contributed by atoms with E-state index in [4.69, 9.17) is 0 Å². The number of piperidine rings is 1. The number of hydrogen-bond donors (Lipinski definition) is 1. The summed E-state index contributed by atoms with van der Waals surface area (Å²) in [6, 6.07) is 2.55. The number of rotatable bonds is 5. The molecule has 1 aliphatic carbocycles. The molecule has 4 heteroatoms. The van der Waals surface area contributed by atoms with Crippen LogP contribution in [0.15, 0.2) is 0 Å². The molecule has 108 valence electrons. The standard InChI is InChI=1S/C15H27N3O/c1-3-18(10-15(19)17(2)13-6-7-13)14-8-11-4-5-12(9-14)16-11/h11-14,16H,3-10H2,1-2H3. The van der Waals surface area contributed by atoms with Gasteiger partial charge in [-0.2, -0.15) is 0 Å². The van der Waals surface area contributed by atoms with Gasteiger partial charge in [0.2, 0.25) is 5.91 Å². The van der Waals surface area contributed by atoms with Crippen LogP contribution in [-0.2, 0) is 4.79 Å². The average Bonchev–Trinajstić information content (AvgIpc) is 3.21. The summed E-state index contributed by atoms with van der Waals surface area (Å²) in [5.74, 6) is 0.315. The number of carbonyl (C=O) groups excluding carboxylic acids is 1. The Morgan fingerprint density at radius 2 is 1.74 bits per heavy atom. The maximum Gasteiger partial charge on any atom is 0.236 e. The Labute approximate surface area is 116 Å². The van der Waals surface area contributed by atoms with E-state index in [1.165, 1.54) is 38.5 Å². The molecule has 0 radical (unpaired) electrons. The van der Waals surface area contributed by atoms with Gasteiger partial charge in [-0.1, -0.05) is 6.92 Å². The quantitative estimate of drug-likeness (QED) is 0.811. The molecule has 1 amide bonds. The lowest BCUT2D eigenvalue weighted by molar-refractivity contribution is -0.132. The van der Waals surface area contributed by atoms with E-state index in [9.17, 15) is 4.79 Å². The van der Waals surface area contributed by atoms with Crippen molar-refractivity contribution < 1.29 is 4.79 Å². The van der Waals surface area contributed by atoms with E-state index in [0.717, 1.165) is 6.54 Å². The number of nitrogens with zero attached hydrogens (tertiary/aromatic N) is 2. The predicted molar refractivity (Wildman–Crippen MR) is 76.0 cm³/mol. The third-order valence-electron chi connectivity index (χ3n) is 5.20. The average molecular weight is 265 g/mol. The van der Waals surface area contributed by atoms with E-state index in [1.54, 1.807) is 0 Å². The highest BCUT2D eigenvalue weighted by Crippen LogP contribution is 2.30. The number of nitrogens with one attached hydrogen (secondary N) is 1. The minimum Gasteiger partial charge on any atom is -0.342 e. The van der Waals surface area contributed by atoms with E-state index >= 15 is 0 Å². The first-order chi connectivity index (χ1) is 9.17. The molecule has 2 aliphatic heterocycles. The zero-order valence-electron chi connectivity index (χ0n) is 12.3. The lowest BCUT2D eigenvalue weighted by Gasteiger charge is -2.37. The second-order valence-electron chi connectivity index (χ2n) is 6.56. The fourth-order valence-electron chi connectivity index (χ4n) is 3.78. The molecular formula is C15H27N3O. The van der Waals surface area contributed by atoms with Gasteiger partial charge in [0.1, 0.15) is 0 Å². The maximum atomic E-state index is 12.3. The normalized spacial score (nSPS) is 33.7. The van der Waals surface area contributed by atoms with Crippen LogP contribution in [0.1, 0.15) is 45.4 Å². The van der Waals surface area contributed by atoms with Gasteiger partial charge in [-0.05, 0) is 45.1 Å². The molecule has 0 aromatic rings. The van der Waals surface area contributed by atoms with Crippen molar-refractivity contribution in [2.75, 3.05) is 20.1 Å². The van der Waals surface area contributed by atoms with Gasteiger partial charge < -0.3 is 10.2 Å². The van der Waals surface area contributed by atoms with Gasteiger partial charge in [-0.15, -0.1) is 0 Å². The van der Waals surface area contributed by atoms with Crippen molar-refractivity contribution in [1.82, 2.24) is 15.1 Å². The third kappa shape index (κ3) is 2.95. The van der Waals surface area contributed by atoms with Crippen LogP contribution in [0.25, 0.3) is 0 Å². The Bertz CT molecular complexity index is 330. The number of fused-ring (bicyclic) bond motifs is 2.